The molecule has 0 aliphatic carbocycles. The highest BCUT2D eigenvalue weighted by atomic mass is 32.2. The summed E-state index contributed by atoms with van der Waals surface area (Å²) in [6.45, 7) is 5.84. The van der Waals surface area contributed by atoms with Crippen LogP contribution < -0.4 is 14.5 Å². The molecule has 0 bridgehead atoms. The van der Waals surface area contributed by atoms with Gasteiger partial charge in [-0.15, -0.1) is 0 Å². The zero-order chi connectivity index (χ0) is 28.7. The number of hydrogen-bond donors (Lipinski definition) is 1. The van der Waals surface area contributed by atoms with Crippen LogP contribution >= 0.6 is 0 Å². The summed E-state index contributed by atoms with van der Waals surface area (Å²) in [4.78, 5) is 27.1. The van der Waals surface area contributed by atoms with Crippen molar-refractivity contribution in [2.75, 3.05) is 36.0 Å². The Morgan fingerprint density at radius 1 is 0.951 bits per heavy atom. The van der Waals surface area contributed by atoms with Gasteiger partial charge in [0.15, 0.2) is 0 Å². The molecule has 11 heteroatoms. The molecule has 4 aromatic rings. The summed E-state index contributed by atoms with van der Waals surface area (Å²) in [6, 6.07) is 22.3. The Bertz CT molecular complexity index is 1560. The highest BCUT2D eigenvalue weighted by Gasteiger charge is 2.27. The topological polar surface area (TPSA) is 114 Å². The molecule has 41 heavy (non-hydrogen) atoms. The van der Waals surface area contributed by atoms with E-state index in [1.54, 1.807) is 24.3 Å². The largest absolute Gasteiger partial charge is 0.492 e. The van der Waals surface area contributed by atoms with Crippen molar-refractivity contribution in [1.82, 2.24) is 14.9 Å². The second-order valence-electron chi connectivity index (χ2n) is 9.63. The van der Waals surface area contributed by atoms with Crippen LogP contribution in [-0.2, 0) is 19.7 Å². The molecule has 212 valence electrons. The molecule has 5 rings (SSSR count). The number of anilines is 3. The lowest BCUT2D eigenvalue weighted by atomic mass is 10.1. The molecule has 1 aliphatic rings. The Labute approximate surface area is 239 Å². The second kappa shape index (κ2) is 12.8. The number of rotatable bonds is 12. The summed E-state index contributed by atoms with van der Waals surface area (Å²) in [5, 5.41) is 3.20. The molecule has 0 amide bonds. The van der Waals surface area contributed by atoms with E-state index in [2.05, 4.69) is 20.2 Å². The second-order valence-corrected chi connectivity index (χ2v) is 11.4. The Morgan fingerprint density at radius 3 is 2.34 bits per heavy atom. The van der Waals surface area contributed by atoms with E-state index >= 15 is 0 Å². The number of aromatic nitrogens is 2. The zero-order valence-corrected chi connectivity index (χ0v) is 23.5. The van der Waals surface area contributed by atoms with Crippen LogP contribution in [0.15, 0.2) is 90.1 Å². The van der Waals surface area contributed by atoms with Gasteiger partial charge in [0.05, 0.1) is 16.3 Å². The standard InChI is InChI=1S/C30H31N5O5S/c1-23-4-14-28(15-5-23)41(37,38)35(40-22-36)26-10-8-25(9-11-26)33-30-20-29(31-21-32-30)24-6-12-27(13-7-24)39-19-18-34-16-2-3-17-34/h4-15,20-22H,2-3,16-19H2,1H3,(H,31,32,33). The summed E-state index contributed by atoms with van der Waals surface area (Å²) in [7, 11) is -4.13. The molecule has 3 aromatic carbocycles. The zero-order valence-electron chi connectivity index (χ0n) is 22.6. The maximum atomic E-state index is 13.1. The maximum Gasteiger partial charge on any atom is 0.322 e. The van der Waals surface area contributed by atoms with Crippen LogP contribution in [0.5, 0.6) is 5.75 Å². The number of aryl methyl sites for hydroxylation is 1. The van der Waals surface area contributed by atoms with Crippen molar-refractivity contribution in [3.63, 3.8) is 0 Å². The lowest BCUT2D eigenvalue weighted by molar-refractivity contribution is -0.128. The number of ether oxygens (including phenoxy) is 1. The first-order valence-corrected chi connectivity index (χ1v) is 14.7. The normalized spacial score (nSPS) is 13.5. The van der Waals surface area contributed by atoms with Gasteiger partial charge in [-0.25, -0.2) is 9.97 Å². The van der Waals surface area contributed by atoms with Crippen molar-refractivity contribution in [3.05, 3.63) is 90.8 Å². The van der Waals surface area contributed by atoms with Crippen LogP contribution in [0.1, 0.15) is 18.4 Å². The number of nitrogens with zero attached hydrogens (tertiary/aromatic N) is 4. The molecule has 0 unspecified atom stereocenters. The van der Waals surface area contributed by atoms with Crippen LogP contribution in [0.25, 0.3) is 11.3 Å². The molecule has 10 nitrogen and oxygen atoms in total. The van der Waals surface area contributed by atoms with Gasteiger partial charge >= 0.3 is 6.47 Å². The van der Waals surface area contributed by atoms with Gasteiger partial charge in [0.2, 0.25) is 0 Å². The molecule has 0 radical (unpaired) electrons. The molecule has 0 spiro atoms. The van der Waals surface area contributed by atoms with Gasteiger partial charge in [0.1, 0.15) is 24.5 Å². The molecule has 2 heterocycles. The van der Waals surface area contributed by atoms with E-state index in [1.165, 1.54) is 43.4 Å². The number of hydrogen-bond acceptors (Lipinski definition) is 9. The summed E-state index contributed by atoms with van der Waals surface area (Å²) in [5.74, 6) is 1.37. The van der Waals surface area contributed by atoms with E-state index < -0.39 is 10.0 Å². The first-order chi connectivity index (χ1) is 19.9. The van der Waals surface area contributed by atoms with Gasteiger partial charge in [-0.3, -0.25) is 9.69 Å². The smallest absolute Gasteiger partial charge is 0.322 e. The molecule has 0 saturated carbocycles. The number of nitrogens with one attached hydrogen (secondary N) is 1. The fourth-order valence-corrected chi connectivity index (χ4v) is 5.74. The van der Waals surface area contributed by atoms with Crippen molar-refractivity contribution in [1.29, 1.82) is 0 Å². The molecular formula is C30H31N5O5S. The number of likely N-dealkylation sites (tertiary alicyclic amines) is 1. The third kappa shape index (κ3) is 7.00. The van der Waals surface area contributed by atoms with Crippen molar-refractivity contribution in [3.8, 4) is 17.0 Å². The van der Waals surface area contributed by atoms with Crippen LogP contribution in [0.4, 0.5) is 17.2 Å². The summed E-state index contributed by atoms with van der Waals surface area (Å²) in [5.41, 5.74) is 3.37. The van der Waals surface area contributed by atoms with Crippen molar-refractivity contribution in [2.45, 2.75) is 24.7 Å². The van der Waals surface area contributed by atoms with Crippen molar-refractivity contribution in [2.24, 2.45) is 0 Å². The van der Waals surface area contributed by atoms with Crippen molar-refractivity contribution < 1.29 is 22.8 Å². The van der Waals surface area contributed by atoms with Crippen molar-refractivity contribution >= 4 is 33.7 Å². The van der Waals surface area contributed by atoms with Gasteiger partial charge in [0.25, 0.3) is 10.0 Å². The van der Waals surface area contributed by atoms with E-state index in [-0.39, 0.29) is 17.1 Å². The van der Waals surface area contributed by atoms with Gasteiger partial charge < -0.3 is 14.9 Å². The fourth-order valence-electron chi connectivity index (χ4n) is 4.52. The SMILES string of the molecule is Cc1ccc(S(=O)(=O)N(OC=O)c2ccc(Nc3cc(-c4ccc(OCCN5CCCC5)cc4)ncn3)cc2)cc1. The van der Waals surface area contributed by atoms with Crippen LogP contribution in [0.2, 0.25) is 0 Å². The Hall–Kier alpha value is -4.48. The highest BCUT2D eigenvalue weighted by Crippen LogP contribution is 2.28. The van der Waals surface area contributed by atoms with E-state index in [9.17, 15) is 13.2 Å². The molecule has 1 aromatic heterocycles. The minimum absolute atomic E-state index is 0.00217. The van der Waals surface area contributed by atoms with Gasteiger partial charge in [-0.2, -0.15) is 8.42 Å². The minimum Gasteiger partial charge on any atom is -0.492 e. The number of sulfonamides is 1. The van der Waals surface area contributed by atoms with E-state index in [1.807, 2.05) is 37.3 Å². The van der Waals surface area contributed by atoms with Gasteiger partial charge in [-0.05, 0) is 93.5 Å². The first-order valence-electron chi connectivity index (χ1n) is 13.3. The predicted octanol–water partition coefficient (Wildman–Crippen LogP) is 4.95. The molecule has 1 N–H and O–H groups in total. The van der Waals surface area contributed by atoms with Crippen LogP contribution in [0, 0.1) is 6.92 Å². The summed E-state index contributed by atoms with van der Waals surface area (Å²) >= 11 is 0. The van der Waals surface area contributed by atoms with E-state index in [4.69, 9.17) is 9.57 Å². The Morgan fingerprint density at radius 2 is 1.66 bits per heavy atom. The maximum absolute atomic E-state index is 13.1. The van der Waals surface area contributed by atoms with Gasteiger partial charge in [-0.1, -0.05) is 22.2 Å². The van der Waals surface area contributed by atoms with Crippen LogP contribution in [0.3, 0.4) is 0 Å². The minimum atomic E-state index is -4.13. The predicted molar refractivity (Wildman–Crippen MR) is 156 cm³/mol. The summed E-state index contributed by atoms with van der Waals surface area (Å²) in [6.07, 6.45) is 4.01. The van der Waals surface area contributed by atoms with E-state index in [0.717, 1.165) is 42.2 Å². The fraction of sp³-hybridized carbons (Fsp3) is 0.233. The molecule has 1 fully saturated rings. The quantitative estimate of drug-likeness (QED) is 0.186. The van der Waals surface area contributed by atoms with E-state index in [0.29, 0.717) is 22.6 Å². The number of benzene rings is 3. The Balaban J connectivity index is 1.24. The third-order valence-electron chi connectivity index (χ3n) is 6.72. The average molecular weight is 574 g/mol. The van der Waals surface area contributed by atoms with Gasteiger partial charge in [0, 0.05) is 23.9 Å². The average Bonchev–Trinajstić information content (AvgIpc) is 3.51. The molecule has 1 saturated heterocycles. The monoisotopic (exact) mass is 573 g/mol. The first kappa shape index (κ1) is 28.1. The third-order valence-corrected chi connectivity index (χ3v) is 8.32. The highest BCUT2D eigenvalue weighted by molar-refractivity contribution is 7.92. The number of carbonyl (C=O) groups excluding carboxylic acids is 1. The molecule has 0 atom stereocenters. The summed E-state index contributed by atoms with van der Waals surface area (Å²) < 4.78 is 32.7. The lowest BCUT2D eigenvalue weighted by Crippen LogP contribution is -2.30. The molecular weight excluding hydrogens is 542 g/mol. The molecule has 1 aliphatic heterocycles. The number of carbonyl (C=O) groups is 1. The van der Waals surface area contributed by atoms with Crippen LogP contribution in [-0.4, -0.2) is 56.0 Å². The lowest BCUT2D eigenvalue weighted by Gasteiger charge is -2.21. The Kier molecular flexibility index (Phi) is 8.76.